The molecule has 6 nitrogen and oxygen atoms in total. The van der Waals surface area contributed by atoms with Gasteiger partial charge in [0.25, 0.3) is 5.56 Å². The molecule has 0 unspecified atom stereocenters. The number of carbonyl (C=O) groups is 1. The third-order valence-corrected chi connectivity index (χ3v) is 5.31. The number of pyridine rings is 1. The molecule has 4 aromatic rings. The third kappa shape index (κ3) is 3.50. The summed E-state index contributed by atoms with van der Waals surface area (Å²) < 4.78 is 20.2. The SMILES string of the molecule is O=C1CC(c2nc3ccc(-n4ccc(OCc5ccc(F)cc5)cc4=O)cc3[nH]2)C1. The smallest absolute Gasteiger partial charge is 0.258 e. The van der Waals surface area contributed by atoms with Crippen LogP contribution in [-0.4, -0.2) is 20.3 Å². The molecule has 5 rings (SSSR count). The Kier molecular flexibility index (Phi) is 4.43. The van der Waals surface area contributed by atoms with Crippen molar-refractivity contribution < 1.29 is 13.9 Å². The number of benzene rings is 2. The fourth-order valence-electron chi connectivity index (χ4n) is 3.55. The van der Waals surface area contributed by atoms with E-state index < -0.39 is 0 Å². The van der Waals surface area contributed by atoms with Gasteiger partial charge in [0.1, 0.15) is 29.8 Å². The van der Waals surface area contributed by atoms with E-state index in [-0.39, 0.29) is 29.7 Å². The maximum Gasteiger partial charge on any atom is 0.258 e. The Morgan fingerprint density at radius 1 is 1.07 bits per heavy atom. The molecule has 0 saturated heterocycles. The number of hydrogen-bond acceptors (Lipinski definition) is 4. The fraction of sp³-hybridized carbons (Fsp3) is 0.174. The summed E-state index contributed by atoms with van der Waals surface area (Å²) >= 11 is 0. The lowest BCUT2D eigenvalue weighted by molar-refractivity contribution is -0.124. The summed E-state index contributed by atoms with van der Waals surface area (Å²) in [4.78, 5) is 31.7. The second kappa shape index (κ2) is 7.26. The normalized spacial score (nSPS) is 14.1. The number of ketones is 1. The van der Waals surface area contributed by atoms with Crippen LogP contribution in [0.25, 0.3) is 16.7 Å². The molecule has 1 fully saturated rings. The van der Waals surface area contributed by atoms with Gasteiger partial charge in [-0.25, -0.2) is 9.37 Å². The standard InChI is InChI=1S/C23H18FN3O3/c24-16-3-1-14(2-4-16)13-30-19-7-8-27(22(29)12-19)17-5-6-20-21(11-17)26-23(25-20)15-9-18(28)10-15/h1-8,11-12,15H,9-10,13H2,(H,25,26). The van der Waals surface area contributed by atoms with Crippen molar-refractivity contribution in [3.05, 3.63) is 88.4 Å². The van der Waals surface area contributed by atoms with Crippen molar-refractivity contribution in [1.82, 2.24) is 14.5 Å². The van der Waals surface area contributed by atoms with Crippen LogP contribution in [0.3, 0.4) is 0 Å². The largest absolute Gasteiger partial charge is 0.489 e. The lowest BCUT2D eigenvalue weighted by Crippen LogP contribution is -2.22. The summed E-state index contributed by atoms with van der Waals surface area (Å²) in [7, 11) is 0. The third-order valence-electron chi connectivity index (χ3n) is 5.31. The second-order valence-electron chi connectivity index (χ2n) is 7.45. The van der Waals surface area contributed by atoms with Crippen LogP contribution in [-0.2, 0) is 11.4 Å². The number of hydrogen-bond donors (Lipinski definition) is 1. The van der Waals surface area contributed by atoms with E-state index >= 15 is 0 Å². The van der Waals surface area contributed by atoms with E-state index in [1.54, 1.807) is 24.4 Å². The van der Waals surface area contributed by atoms with Gasteiger partial charge in [-0.3, -0.25) is 14.2 Å². The Bertz CT molecular complexity index is 1300. The molecule has 7 heteroatoms. The van der Waals surface area contributed by atoms with Crippen molar-refractivity contribution in [2.24, 2.45) is 0 Å². The minimum atomic E-state index is -0.302. The highest BCUT2D eigenvalue weighted by atomic mass is 19.1. The summed E-state index contributed by atoms with van der Waals surface area (Å²) in [6.45, 7) is 0.246. The van der Waals surface area contributed by atoms with Crippen LogP contribution in [0.5, 0.6) is 5.75 Å². The number of Topliss-reactive ketones (excluding diaryl/α,β-unsaturated/α-hetero) is 1. The van der Waals surface area contributed by atoms with E-state index in [0.29, 0.717) is 24.3 Å². The first-order chi connectivity index (χ1) is 14.5. The van der Waals surface area contributed by atoms with E-state index in [1.807, 2.05) is 18.2 Å². The minimum Gasteiger partial charge on any atom is -0.489 e. The fourth-order valence-corrected chi connectivity index (χ4v) is 3.55. The molecule has 1 aliphatic carbocycles. The van der Waals surface area contributed by atoms with Gasteiger partial charge in [0.2, 0.25) is 0 Å². The molecule has 0 aliphatic heterocycles. The zero-order chi connectivity index (χ0) is 20.7. The van der Waals surface area contributed by atoms with Crippen LogP contribution in [0.2, 0.25) is 0 Å². The van der Waals surface area contributed by atoms with E-state index in [0.717, 1.165) is 22.4 Å². The summed E-state index contributed by atoms with van der Waals surface area (Å²) in [6, 6.07) is 14.7. The van der Waals surface area contributed by atoms with E-state index in [2.05, 4.69) is 9.97 Å². The second-order valence-corrected chi connectivity index (χ2v) is 7.45. The highest BCUT2D eigenvalue weighted by Gasteiger charge is 2.30. The maximum atomic E-state index is 13.0. The number of carbonyl (C=O) groups excluding carboxylic acids is 1. The maximum absolute atomic E-state index is 13.0. The Hall–Kier alpha value is -3.74. The Balaban J connectivity index is 1.35. The number of imidazole rings is 1. The highest BCUT2D eigenvalue weighted by Crippen LogP contribution is 2.33. The summed E-state index contributed by atoms with van der Waals surface area (Å²) in [5.74, 6) is 1.38. The molecular formula is C23H18FN3O3. The molecule has 2 heterocycles. The lowest BCUT2D eigenvalue weighted by atomic mass is 9.83. The number of ether oxygens (including phenoxy) is 1. The average Bonchev–Trinajstić information content (AvgIpc) is 3.14. The van der Waals surface area contributed by atoms with Crippen molar-refractivity contribution in [3.63, 3.8) is 0 Å². The van der Waals surface area contributed by atoms with Crippen LogP contribution in [0.4, 0.5) is 4.39 Å². The van der Waals surface area contributed by atoms with Crippen molar-refractivity contribution in [3.8, 4) is 11.4 Å². The topological polar surface area (TPSA) is 77.0 Å². The summed E-state index contributed by atoms with van der Waals surface area (Å²) in [5.41, 5.74) is 2.92. The van der Waals surface area contributed by atoms with Gasteiger partial charge in [0.05, 0.1) is 16.7 Å². The zero-order valence-electron chi connectivity index (χ0n) is 16.0. The molecule has 0 atom stereocenters. The molecule has 0 spiro atoms. The summed E-state index contributed by atoms with van der Waals surface area (Å²) in [6.07, 6.45) is 2.72. The van der Waals surface area contributed by atoms with Crippen LogP contribution < -0.4 is 10.3 Å². The quantitative estimate of drug-likeness (QED) is 0.549. The number of aromatic nitrogens is 3. The molecule has 1 N–H and O–H groups in total. The number of rotatable bonds is 5. The van der Waals surface area contributed by atoms with Gasteiger partial charge in [-0.1, -0.05) is 12.1 Å². The molecule has 1 saturated carbocycles. The van der Waals surface area contributed by atoms with E-state index in [1.165, 1.54) is 22.8 Å². The first-order valence-electron chi connectivity index (χ1n) is 9.67. The van der Waals surface area contributed by atoms with Crippen molar-refractivity contribution in [1.29, 1.82) is 0 Å². The molecule has 2 aromatic heterocycles. The molecule has 0 amide bonds. The molecule has 0 bridgehead atoms. The Labute approximate surface area is 171 Å². The van der Waals surface area contributed by atoms with E-state index in [4.69, 9.17) is 4.74 Å². The molecule has 2 aromatic carbocycles. The van der Waals surface area contributed by atoms with Crippen LogP contribution >= 0.6 is 0 Å². The molecule has 1 aliphatic rings. The van der Waals surface area contributed by atoms with Crippen LogP contribution in [0, 0.1) is 5.82 Å². The average molecular weight is 403 g/mol. The molecule has 0 radical (unpaired) electrons. The number of aromatic amines is 1. The van der Waals surface area contributed by atoms with Gasteiger partial charge >= 0.3 is 0 Å². The lowest BCUT2D eigenvalue weighted by Gasteiger charge is -2.21. The number of fused-ring (bicyclic) bond motifs is 1. The van der Waals surface area contributed by atoms with Gasteiger partial charge in [0, 0.05) is 31.0 Å². The predicted octanol–water partition coefficient (Wildman–Crippen LogP) is 3.88. The molecule has 150 valence electrons. The number of nitrogens with one attached hydrogen (secondary N) is 1. The van der Waals surface area contributed by atoms with Crippen molar-refractivity contribution >= 4 is 16.8 Å². The van der Waals surface area contributed by atoms with Gasteiger partial charge in [-0.05, 0) is 42.0 Å². The molecule has 30 heavy (non-hydrogen) atoms. The predicted molar refractivity (Wildman–Crippen MR) is 109 cm³/mol. The molecular weight excluding hydrogens is 385 g/mol. The van der Waals surface area contributed by atoms with Crippen molar-refractivity contribution in [2.75, 3.05) is 0 Å². The summed E-state index contributed by atoms with van der Waals surface area (Å²) in [5, 5.41) is 0. The first kappa shape index (κ1) is 18.3. The van der Waals surface area contributed by atoms with Gasteiger partial charge in [0.15, 0.2) is 0 Å². The van der Waals surface area contributed by atoms with Gasteiger partial charge in [-0.15, -0.1) is 0 Å². The minimum absolute atomic E-state index is 0.161. The number of H-pyrrole nitrogens is 1. The van der Waals surface area contributed by atoms with Crippen LogP contribution in [0.1, 0.15) is 30.1 Å². The van der Waals surface area contributed by atoms with Gasteiger partial charge in [-0.2, -0.15) is 0 Å². The Morgan fingerprint density at radius 3 is 2.60 bits per heavy atom. The zero-order valence-corrected chi connectivity index (χ0v) is 16.0. The van der Waals surface area contributed by atoms with E-state index in [9.17, 15) is 14.0 Å². The number of halogens is 1. The number of nitrogens with zero attached hydrogens (tertiary/aromatic N) is 2. The van der Waals surface area contributed by atoms with Crippen molar-refractivity contribution in [2.45, 2.75) is 25.4 Å². The van der Waals surface area contributed by atoms with Gasteiger partial charge < -0.3 is 9.72 Å². The Morgan fingerprint density at radius 2 is 1.87 bits per heavy atom. The monoisotopic (exact) mass is 403 g/mol. The first-order valence-corrected chi connectivity index (χ1v) is 9.67. The van der Waals surface area contributed by atoms with Crippen LogP contribution in [0.15, 0.2) is 65.6 Å². The highest BCUT2D eigenvalue weighted by molar-refractivity contribution is 5.86.